The van der Waals surface area contributed by atoms with Crippen molar-refractivity contribution < 1.29 is 14.3 Å². The molecule has 0 aliphatic carbocycles. The molecule has 1 rings (SSSR count). The second kappa shape index (κ2) is 9.15. The highest BCUT2D eigenvalue weighted by atomic mass is 35.5. The molecule has 7 heteroatoms. The number of amides is 2. The first-order valence-corrected chi connectivity index (χ1v) is 6.84. The number of nitrogens with one attached hydrogen (secondary N) is 1. The van der Waals surface area contributed by atoms with Crippen LogP contribution in [0.2, 0.25) is 0 Å². The second-order valence-corrected chi connectivity index (χ2v) is 5.36. The van der Waals surface area contributed by atoms with Gasteiger partial charge in [0.1, 0.15) is 0 Å². The molecular weight excluding hydrogens is 282 g/mol. The van der Waals surface area contributed by atoms with Crippen molar-refractivity contribution in [2.45, 2.75) is 39.3 Å². The molecule has 0 bridgehead atoms. The van der Waals surface area contributed by atoms with Gasteiger partial charge in [0.15, 0.2) is 0 Å². The van der Waals surface area contributed by atoms with Crippen LogP contribution >= 0.6 is 12.4 Å². The molecular formula is C13H26ClN3O3. The van der Waals surface area contributed by atoms with Gasteiger partial charge in [0.05, 0.1) is 18.7 Å². The summed E-state index contributed by atoms with van der Waals surface area (Å²) in [4.78, 5) is 25.4. The molecule has 2 amide bonds. The molecule has 1 unspecified atom stereocenters. The Hall–Kier alpha value is -0.850. The van der Waals surface area contributed by atoms with Gasteiger partial charge in [-0.2, -0.15) is 0 Å². The first-order chi connectivity index (χ1) is 8.91. The molecule has 1 fully saturated rings. The van der Waals surface area contributed by atoms with Crippen molar-refractivity contribution in [1.29, 1.82) is 0 Å². The smallest absolute Gasteiger partial charge is 0.242 e. The van der Waals surface area contributed by atoms with E-state index >= 15 is 0 Å². The summed E-state index contributed by atoms with van der Waals surface area (Å²) in [6.45, 7) is 7.63. The minimum Gasteiger partial charge on any atom is -0.377 e. The van der Waals surface area contributed by atoms with Crippen molar-refractivity contribution in [2.75, 3.05) is 26.2 Å². The maximum absolute atomic E-state index is 12.0. The molecule has 2 atom stereocenters. The maximum atomic E-state index is 12.0. The number of carbonyl (C=O) groups excluding carboxylic acids is 2. The predicted molar refractivity (Wildman–Crippen MR) is 79.7 cm³/mol. The highest BCUT2D eigenvalue weighted by molar-refractivity contribution is 5.87. The molecule has 6 nitrogen and oxygen atoms in total. The van der Waals surface area contributed by atoms with E-state index in [1.54, 1.807) is 4.90 Å². The Kier molecular flexibility index (Phi) is 8.76. The minimum atomic E-state index is -0.570. The van der Waals surface area contributed by atoms with Crippen LogP contribution in [0.1, 0.15) is 27.2 Å². The zero-order valence-electron chi connectivity index (χ0n) is 12.4. The summed E-state index contributed by atoms with van der Waals surface area (Å²) in [5, 5.41) is 2.60. The van der Waals surface area contributed by atoms with Gasteiger partial charge >= 0.3 is 0 Å². The van der Waals surface area contributed by atoms with Gasteiger partial charge in [-0.25, -0.2) is 0 Å². The lowest BCUT2D eigenvalue weighted by Crippen LogP contribution is -2.48. The third-order valence-electron chi connectivity index (χ3n) is 3.24. The monoisotopic (exact) mass is 307 g/mol. The van der Waals surface area contributed by atoms with Crippen LogP contribution < -0.4 is 11.1 Å². The van der Waals surface area contributed by atoms with E-state index in [4.69, 9.17) is 10.5 Å². The van der Waals surface area contributed by atoms with Gasteiger partial charge in [-0.3, -0.25) is 9.59 Å². The molecule has 0 spiro atoms. The number of hydrogen-bond donors (Lipinski definition) is 2. The quantitative estimate of drug-likeness (QED) is 0.774. The molecule has 0 aromatic carbocycles. The van der Waals surface area contributed by atoms with Gasteiger partial charge < -0.3 is 20.7 Å². The molecule has 118 valence electrons. The third-order valence-corrected chi connectivity index (χ3v) is 3.24. The van der Waals surface area contributed by atoms with E-state index in [0.717, 1.165) is 6.42 Å². The molecule has 0 aromatic heterocycles. The van der Waals surface area contributed by atoms with Crippen molar-refractivity contribution in [3.8, 4) is 0 Å². The summed E-state index contributed by atoms with van der Waals surface area (Å²) < 4.78 is 5.48. The Bertz CT molecular complexity index is 326. The van der Waals surface area contributed by atoms with E-state index in [1.165, 1.54) is 0 Å². The predicted octanol–water partition coefficient (Wildman–Crippen LogP) is 0.145. The average Bonchev–Trinajstić information content (AvgIpc) is 2.59. The zero-order valence-corrected chi connectivity index (χ0v) is 13.2. The minimum absolute atomic E-state index is 0. The summed E-state index contributed by atoms with van der Waals surface area (Å²) in [7, 11) is 0. The largest absolute Gasteiger partial charge is 0.377 e. The number of nitrogens with zero attached hydrogens (tertiary/aromatic N) is 1. The summed E-state index contributed by atoms with van der Waals surface area (Å²) >= 11 is 0. The summed E-state index contributed by atoms with van der Waals surface area (Å²) in [6, 6.07) is -0.570. The van der Waals surface area contributed by atoms with E-state index in [9.17, 15) is 9.59 Å². The number of halogens is 1. The van der Waals surface area contributed by atoms with Crippen LogP contribution in [-0.2, 0) is 14.3 Å². The molecule has 1 heterocycles. The van der Waals surface area contributed by atoms with Gasteiger partial charge in [-0.15, -0.1) is 12.4 Å². The maximum Gasteiger partial charge on any atom is 0.242 e. The van der Waals surface area contributed by atoms with Crippen molar-refractivity contribution in [2.24, 2.45) is 11.7 Å². The number of ether oxygens (including phenoxy) is 1. The lowest BCUT2D eigenvalue weighted by atomic mass is 10.1. The topological polar surface area (TPSA) is 84.7 Å². The van der Waals surface area contributed by atoms with Crippen LogP contribution in [0.5, 0.6) is 0 Å². The molecule has 3 N–H and O–H groups in total. The van der Waals surface area contributed by atoms with Crippen LogP contribution in [0, 0.1) is 5.92 Å². The second-order valence-electron chi connectivity index (χ2n) is 5.36. The van der Waals surface area contributed by atoms with E-state index in [1.807, 2.05) is 20.8 Å². The Labute approximate surface area is 126 Å². The van der Waals surface area contributed by atoms with Crippen molar-refractivity contribution in [3.05, 3.63) is 0 Å². The van der Waals surface area contributed by atoms with E-state index in [2.05, 4.69) is 5.32 Å². The molecule has 0 aromatic rings. The van der Waals surface area contributed by atoms with Crippen LogP contribution in [-0.4, -0.2) is 55.1 Å². The van der Waals surface area contributed by atoms with Gasteiger partial charge in [0.25, 0.3) is 0 Å². The molecule has 1 saturated heterocycles. The first kappa shape index (κ1) is 19.1. The highest BCUT2D eigenvalue weighted by Gasteiger charge is 2.22. The molecule has 20 heavy (non-hydrogen) atoms. The summed E-state index contributed by atoms with van der Waals surface area (Å²) in [6.07, 6.45) is 0.871. The highest BCUT2D eigenvalue weighted by Crippen LogP contribution is 2.05. The molecule has 0 saturated carbocycles. The summed E-state index contributed by atoms with van der Waals surface area (Å²) in [5.74, 6) is -0.300. The summed E-state index contributed by atoms with van der Waals surface area (Å²) in [5.41, 5.74) is 5.71. The SMILES string of the molecule is CC1CN(C(=O)CNC(=O)[C@@H](N)C(C)C)CCCO1.Cl. The lowest BCUT2D eigenvalue weighted by Gasteiger charge is -2.23. The first-order valence-electron chi connectivity index (χ1n) is 6.84. The average molecular weight is 308 g/mol. The fraction of sp³-hybridized carbons (Fsp3) is 0.846. The van der Waals surface area contributed by atoms with Gasteiger partial charge in [-0.1, -0.05) is 13.8 Å². The number of rotatable bonds is 4. The van der Waals surface area contributed by atoms with Crippen LogP contribution in [0.25, 0.3) is 0 Å². The Morgan fingerprint density at radius 2 is 2.10 bits per heavy atom. The van der Waals surface area contributed by atoms with Gasteiger partial charge in [-0.05, 0) is 19.3 Å². The van der Waals surface area contributed by atoms with Crippen LogP contribution in [0.3, 0.4) is 0 Å². The fourth-order valence-corrected chi connectivity index (χ4v) is 1.92. The number of carbonyl (C=O) groups is 2. The van der Waals surface area contributed by atoms with E-state index in [-0.39, 0.29) is 42.8 Å². The molecule has 1 aliphatic heterocycles. The third kappa shape index (κ3) is 6.07. The zero-order chi connectivity index (χ0) is 14.4. The van der Waals surface area contributed by atoms with E-state index in [0.29, 0.717) is 19.7 Å². The van der Waals surface area contributed by atoms with Crippen LogP contribution in [0.4, 0.5) is 0 Å². The van der Waals surface area contributed by atoms with Crippen molar-refractivity contribution in [3.63, 3.8) is 0 Å². The number of hydrogen-bond acceptors (Lipinski definition) is 4. The van der Waals surface area contributed by atoms with Gasteiger partial charge in [0.2, 0.25) is 11.8 Å². The van der Waals surface area contributed by atoms with E-state index < -0.39 is 6.04 Å². The standard InChI is InChI=1S/C13H25N3O3.ClH/c1-9(2)12(14)13(18)15-7-11(17)16-5-4-6-19-10(3)8-16;/h9-10,12H,4-8,14H2,1-3H3,(H,15,18);1H/t10?,12-;/m0./s1. The lowest BCUT2D eigenvalue weighted by molar-refractivity contribution is -0.133. The van der Waals surface area contributed by atoms with Crippen molar-refractivity contribution in [1.82, 2.24) is 10.2 Å². The molecule has 0 radical (unpaired) electrons. The Balaban J connectivity index is 0.00000361. The Morgan fingerprint density at radius 3 is 2.70 bits per heavy atom. The normalized spacial score (nSPS) is 20.9. The fourth-order valence-electron chi connectivity index (χ4n) is 1.92. The van der Waals surface area contributed by atoms with Crippen molar-refractivity contribution >= 4 is 24.2 Å². The number of nitrogens with two attached hydrogens (primary N) is 1. The van der Waals surface area contributed by atoms with Crippen LogP contribution in [0.15, 0.2) is 0 Å². The van der Waals surface area contributed by atoms with Gasteiger partial charge in [0, 0.05) is 19.7 Å². The Morgan fingerprint density at radius 1 is 1.45 bits per heavy atom. The molecule has 1 aliphatic rings.